The van der Waals surface area contributed by atoms with Crippen LogP contribution in [-0.2, 0) is 11.3 Å². The van der Waals surface area contributed by atoms with Gasteiger partial charge >= 0.3 is 0 Å². The van der Waals surface area contributed by atoms with Crippen LogP contribution in [0.5, 0.6) is 0 Å². The zero-order chi connectivity index (χ0) is 15.6. The number of aromatic nitrogens is 3. The molecule has 2 aliphatic heterocycles. The first kappa shape index (κ1) is 15.1. The fraction of sp³-hybridized carbons (Fsp3) is 0.667. The molecule has 2 unspecified atom stereocenters. The summed E-state index contributed by atoms with van der Waals surface area (Å²) < 4.78 is 8.22. The Kier molecular flexibility index (Phi) is 4.31. The summed E-state index contributed by atoms with van der Waals surface area (Å²) in [4.78, 5) is 12.2. The molecule has 2 atom stereocenters. The molecule has 0 saturated carbocycles. The van der Waals surface area contributed by atoms with Crippen molar-refractivity contribution in [1.82, 2.24) is 19.4 Å². The van der Waals surface area contributed by atoms with E-state index < -0.39 is 0 Å². The van der Waals surface area contributed by atoms with E-state index in [1.807, 2.05) is 12.3 Å². The molecule has 0 amide bonds. The van der Waals surface area contributed by atoms with Gasteiger partial charge < -0.3 is 9.30 Å². The van der Waals surface area contributed by atoms with Crippen molar-refractivity contribution in [3.05, 3.63) is 24.2 Å². The van der Waals surface area contributed by atoms with E-state index in [1.54, 1.807) is 0 Å². The second-order valence-electron chi connectivity index (χ2n) is 6.70. The molecule has 124 valence electrons. The maximum Gasteiger partial charge on any atom is 0.160 e. The van der Waals surface area contributed by atoms with Crippen molar-refractivity contribution in [2.45, 2.75) is 57.7 Å². The van der Waals surface area contributed by atoms with Gasteiger partial charge in [0, 0.05) is 12.8 Å². The second kappa shape index (κ2) is 6.57. The summed E-state index contributed by atoms with van der Waals surface area (Å²) >= 11 is 0. The molecule has 0 aromatic carbocycles. The molecule has 4 rings (SSSR count). The Morgan fingerprint density at radius 1 is 1.26 bits per heavy atom. The third kappa shape index (κ3) is 2.88. The molecular formula is C18H26N4O. The van der Waals surface area contributed by atoms with Crippen LogP contribution in [0.2, 0.25) is 0 Å². The normalized spacial score (nSPS) is 26.1. The molecule has 2 aromatic heterocycles. The van der Waals surface area contributed by atoms with Crippen LogP contribution in [0.3, 0.4) is 0 Å². The van der Waals surface area contributed by atoms with Gasteiger partial charge in [-0.25, -0.2) is 9.97 Å². The number of nitrogens with zero attached hydrogens (tertiary/aromatic N) is 4. The fourth-order valence-corrected chi connectivity index (χ4v) is 4.06. The van der Waals surface area contributed by atoms with Crippen LogP contribution in [-0.4, -0.2) is 45.2 Å². The Morgan fingerprint density at radius 3 is 3.04 bits per heavy atom. The summed E-state index contributed by atoms with van der Waals surface area (Å²) in [6.07, 6.45) is 8.29. The third-order valence-electron chi connectivity index (χ3n) is 5.26. The van der Waals surface area contributed by atoms with E-state index in [1.165, 1.54) is 38.1 Å². The highest BCUT2D eigenvalue weighted by Gasteiger charge is 2.29. The molecule has 2 aliphatic rings. The van der Waals surface area contributed by atoms with Gasteiger partial charge in [-0.05, 0) is 50.9 Å². The SMILES string of the molecule is CCN1CCCCC1c1nc2cccnc2n1CC1CCCO1. The molecule has 2 aromatic rings. The highest BCUT2D eigenvalue weighted by Crippen LogP contribution is 2.32. The van der Waals surface area contributed by atoms with Gasteiger partial charge in [-0.15, -0.1) is 0 Å². The number of imidazole rings is 1. The number of likely N-dealkylation sites (tertiary alicyclic amines) is 1. The van der Waals surface area contributed by atoms with Crippen molar-refractivity contribution in [1.29, 1.82) is 0 Å². The van der Waals surface area contributed by atoms with Crippen molar-refractivity contribution in [3.63, 3.8) is 0 Å². The maximum absolute atomic E-state index is 5.88. The average Bonchev–Trinajstić information content (AvgIpc) is 3.23. The minimum absolute atomic E-state index is 0.312. The minimum Gasteiger partial charge on any atom is -0.376 e. The van der Waals surface area contributed by atoms with E-state index in [9.17, 15) is 0 Å². The molecule has 23 heavy (non-hydrogen) atoms. The van der Waals surface area contributed by atoms with Crippen LogP contribution in [0.1, 0.15) is 50.9 Å². The Bertz CT molecular complexity index is 662. The summed E-state index contributed by atoms with van der Waals surface area (Å²) in [5.41, 5.74) is 2.03. The molecule has 0 N–H and O–H groups in total. The number of hydrogen-bond donors (Lipinski definition) is 0. The predicted octanol–water partition coefficient (Wildman–Crippen LogP) is 3.16. The summed E-state index contributed by atoms with van der Waals surface area (Å²) in [7, 11) is 0. The lowest BCUT2D eigenvalue weighted by molar-refractivity contribution is 0.0927. The Hall–Kier alpha value is -1.46. The van der Waals surface area contributed by atoms with Crippen LogP contribution in [0.25, 0.3) is 11.2 Å². The number of pyridine rings is 1. The lowest BCUT2D eigenvalue weighted by Gasteiger charge is -2.34. The first-order chi connectivity index (χ1) is 11.4. The summed E-state index contributed by atoms with van der Waals surface area (Å²) in [6, 6.07) is 4.48. The molecule has 0 spiro atoms. The van der Waals surface area contributed by atoms with E-state index in [0.717, 1.165) is 37.3 Å². The molecule has 0 aliphatic carbocycles. The molecule has 2 fully saturated rings. The molecular weight excluding hydrogens is 288 g/mol. The Morgan fingerprint density at radius 2 is 2.22 bits per heavy atom. The number of rotatable bonds is 4. The van der Waals surface area contributed by atoms with Crippen molar-refractivity contribution in [2.75, 3.05) is 19.7 Å². The largest absolute Gasteiger partial charge is 0.376 e. The van der Waals surface area contributed by atoms with Crippen LogP contribution < -0.4 is 0 Å². The topological polar surface area (TPSA) is 43.2 Å². The predicted molar refractivity (Wildman–Crippen MR) is 90.3 cm³/mol. The lowest BCUT2D eigenvalue weighted by Crippen LogP contribution is -2.35. The molecule has 5 nitrogen and oxygen atoms in total. The minimum atomic E-state index is 0.312. The van der Waals surface area contributed by atoms with Crippen molar-refractivity contribution >= 4 is 11.2 Å². The third-order valence-corrected chi connectivity index (χ3v) is 5.26. The zero-order valence-electron chi connectivity index (χ0n) is 13.9. The molecule has 2 saturated heterocycles. The summed E-state index contributed by atoms with van der Waals surface area (Å²) in [5.74, 6) is 1.19. The molecule has 4 heterocycles. The number of ether oxygens (including phenoxy) is 1. The Labute approximate surface area is 137 Å². The van der Waals surface area contributed by atoms with Crippen LogP contribution in [0.15, 0.2) is 18.3 Å². The Balaban J connectivity index is 1.74. The van der Waals surface area contributed by atoms with Gasteiger partial charge in [-0.2, -0.15) is 0 Å². The number of piperidine rings is 1. The zero-order valence-corrected chi connectivity index (χ0v) is 13.9. The first-order valence-electron chi connectivity index (χ1n) is 9.03. The van der Waals surface area contributed by atoms with Gasteiger partial charge in [0.15, 0.2) is 5.65 Å². The van der Waals surface area contributed by atoms with E-state index in [4.69, 9.17) is 9.72 Å². The molecule has 5 heteroatoms. The van der Waals surface area contributed by atoms with Gasteiger partial charge in [-0.1, -0.05) is 13.3 Å². The van der Waals surface area contributed by atoms with Crippen LogP contribution in [0.4, 0.5) is 0 Å². The summed E-state index contributed by atoms with van der Waals surface area (Å²) in [5, 5.41) is 0. The van der Waals surface area contributed by atoms with E-state index in [0.29, 0.717) is 12.1 Å². The quantitative estimate of drug-likeness (QED) is 0.869. The number of fused-ring (bicyclic) bond motifs is 1. The van der Waals surface area contributed by atoms with Gasteiger partial charge in [-0.3, -0.25) is 4.90 Å². The van der Waals surface area contributed by atoms with Crippen molar-refractivity contribution < 1.29 is 4.74 Å². The van der Waals surface area contributed by atoms with E-state index in [2.05, 4.69) is 27.4 Å². The second-order valence-corrected chi connectivity index (χ2v) is 6.70. The van der Waals surface area contributed by atoms with Crippen LogP contribution in [0, 0.1) is 0 Å². The highest BCUT2D eigenvalue weighted by molar-refractivity contribution is 5.71. The molecule has 0 bridgehead atoms. The van der Waals surface area contributed by atoms with Gasteiger partial charge in [0.2, 0.25) is 0 Å². The summed E-state index contributed by atoms with van der Waals surface area (Å²) in [6.45, 7) is 6.30. The smallest absolute Gasteiger partial charge is 0.160 e. The highest BCUT2D eigenvalue weighted by atomic mass is 16.5. The van der Waals surface area contributed by atoms with Crippen molar-refractivity contribution in [2.24, 2.45) is 0 Å². The molecule has 0 radical (unpaired) electrons. The van der Waals surface area contributed by atoms with Crippen LogP contribution >= 0.6 is 0 Å². The maximum atomic E-state index is 5.88. The fourth-order valence-electron chi connectivity index (χ4n) is 4.06. The van der Waals surface area contributed by atoms with Gasteiger partial charge in [0.25, 0.3) is 0 Å². The van der Waals surface area contributed by atoms with E-state index in [-0.39, 0.29) is 0 Å². The van der Waals surface area contributed by atoms with Crippen molar-refractivity contribution in [3.8, 4) is 0 Å². The van der Waals surface area contributed by atoms with Gasteiger partial charge in [0.05, 0.1) is 18.7 Å². The van der Waals surface area contributed by atoms with Gasteiger partial charge in [0.1, 0.15) is 11.3 Å². The average molecular weight is 314 g/mol. The lowest BCUT2D eigenvalue weighted by atomic mass is 10.0. The standard InChI is InChI=1S/C18H26N4O/c1-2-21-11-4-3-9-16(21)18-20-15-8-5-10-19-17(15)22(18)13-14-7-6-12-23-14/h5,8,10,14,16H,2-4,6-7,9,11-13H2,1H3. The monoisotopic (exact) mass is 314 g/mol. The van der Waals surface area contributed by atoms with E-state index >= 15 is 0 Å². The number of hydrogen-bond acceptors (Lipinski definition) is 4. The first-order valence-corrected chi connectivity index (χ1v) is 9.03.